The fraction of sp³-hybridized carbons (Fsp3) is 0.130. The summed E-state index contributed by atoms with van der Waals surface area (Å²) in [4.78, 5) is 16.3. The molecule has 0 radical (unpaired) electrons. The van der Waals surface area contributed by atoms with Crippen molar-refractivity contribution in [2.24, 2.45) is 0 Å². The minimum Gasteiger partial charge on any atom is -0.506 e. The Morgan fingerprint density at radius 3 is 3.00 bits per heavy atom. The number of nitrogens with zero attached hydrogens (tertiary/aromatic N) is 2. The molecule has 2 aromatic carbocycles. The van der Waals surface area contributed by atoms with Crippen LogP contribution in [0.25, 0.3) is 21.1 Å². The van der Waals surface area contributed by atoms with Gasteiger partial charge in [0.15, 0.2) is 0 Å². The van der Waals surface area contributed by atoms with E-state index in [1.165, 1.54) is 6.08 Å². The molecule has 1 N–H and O–H groups in total. The van der Waals surface area contributed by atoms with Crippen LogP contribution in [-0.4, -0.2) is 20.6 Å². The van der Waals surface area contributed by atoms with Gasteiger partial charge in [-0.1, -0.05) is 30.6 Å². The van der Waals surface area contributed by atoms with E-state index in [4.69, 9.17) is 0 Å². The molecule has 0 spiro atoms. The Balaban J connectivity index is 1.51. The maximum Gasteiger partial charge on any atom is 0.254 e. The van der Waals surface area contributed by atoms with E-state index in [2.05, 4.69) is 29.5 Å². The van der Waals surface area contributed by atoms with Crippen molar-refractivity contribution < 1.29 is 9.90 Å². The van der Waals surface area contributed by atoms with Gasteiger partial charge >= 0.3 is 0 Å². The lowest BCUT2D eigenvalue weighted by atomic mass is 10.1. The standard InChI is InChI=1S/C23H18N2O2S/c1-3-22(27)25-11-10-18-9-8-16(12-19(18)25)6-4-5-7-17-13-20(26)23-21(14-17)28-15(2)24-23/h3,8-14,26H,1,4,6H2,2H3. The van der Waals surface area contributed by atoms with Gasteiger partial charge in [0.1, 0.15) is 11.3 Å². The molecule has 5 heteroatoms. The topological polar surface area (TPSA) is 55.1 Å². The van der Waals surface area contributed by atoms with Crippen molar-refractivity contribution in [3.63, 3.8) is 0 Å². The van der Waals surface area contributed by atoms with Crippen LogP contribution in [0.5, 0.6) is 5.75 Å². The first kappa shape index (κ1) is 18.0. The molecule has 2 heterocycles. The minimum atomic E-state index is -0.138. The van der Waals surface area contributed by atoms with Crippen LogP contribution in [0.3, 0.4) is 0 Å². The summed E-state index contributed by atoms with van der Waals surface area (Å²) in [6, 6.07) is 11.6. The lowest BCUT2D eigenvalue weighted by Gasteiger charge is -2.03. The zero-order chi connectivity index (χ0) is 19.7. The van der Waals surface area contributed by atoms with Gasteiger partial charge in [0.05, 0.1) is 15.2 Å². The average Bonchev–Trinajstić information content (AvgIpc) is 3.27. The second kappa shape index (κ2) is 7.34. The molecule has 4 nitrogen and oxygen atoms in total. The van der Waals surface area contributed by atoms with Crippen LogP contribution >= 0.6 is 11.3 Å². The number of hydrogen-bond donors (Lipinski definition) is 1. The van der Waals surface area contributed by atoms with Crippen LogP contribution in [0.1, 0.15) is 27.3 Å². The first-order valence-electron chi connectivity index (χ1n) is 8.91. The lowest BCUT2D eigenvalue weighted by molar-refractivity contribution is 0.0974. The van der Waals surface area contributed by atoms with E-state index >= 15 is 0 Å². The van der Waals surface area contributed by atoms with Crippen LogP contribution in [0, 0.1) is 18.8 Å². The molecule has 28 heavy (non-hydrogen) atoms. The molecular weight excluding hydrogens is 368 g/mol. The van der Waals surface area contributed by atoms with Gasteiger partial charge in [-0.15, -0.1) is 11.3 Å². The van der Waals surface area contributed by atoms with E-state index < -0.39 is 0 Å². The smallest absolute Gasteiger partial charge is 0.254 e. The Hall–Kier alpha value is -3.36. The predicted octanol–water partition coefficient (Wildman–Crippen LogP) is 5.08. The highest BCUT2D eigenvalue weighted by atomic mass is 32.1. The number of phenols is 1. The quantitative estimate of drug-likeness (QED) is 0.395. The zero-order valence-corrected chi connectivity index (χ0v) is 16.2. The summed E-state index contributed by atoms with van der Waals surface area (Å²) in [5, 5.41) is 12.1. The Labute approximate surface area is 166 Å². The molecule has 2 aromatic heterocycles. The van der Waals surface area contributed by atoms with Gasteiger partial charge in [0.25, 0.3) is 5.91 Å². The molecule has 4 aromatic rings. The fourth-order valence-corrected chi connectivity index (χ4v) is 4.07. The summed E-state index contributed by atoms with van der Waals surface area (Å²) in [7, 11) is 0. The van der Waals surface area contributed by atoms with Crippen molar-refractivity contribution in [1.82, 2.24) is 9.55 Å². The van der Waals surface area contributed by atoms with Crippen LogP contribution < -0.4 is 0 Å². The zero-order valence-electron chi connectivity index (χ0n) is 15.4. The number of carbonyl (C=O) groups excluding carboxylic acids is 1. The van der Waals surface area contributed by atoms with E-state index in [1.807, 2.05) is 31.2 Å². The molecule has 138 valence electrons. The van der Waals surface area contributed by atoms with Crippen molar-refractivity contribution in [2.75, 3.05) is 0 Å². The Kier molecular flexibility index (Phi) is 4.72. The molecule has 0 atom stereocenters. The van der Waals surface area contributed by atoms with Gasteiger partial charge in [-0.25, -0.2) is 4.98 Å². The van der Waals surface area contributed by atoms with Crippen molar-refractivity contribution in [3.8, 4) is 17.6 Å². The van der Waals surface area contributed by atoms with Crippen molar-refractivity contribution in [2.45, 2.75) is 19.8 Å². The van der Waals surface area contributed by atoms with Crippen LogP contribution in [0.15, 0.2) is 55.3 Å². The minimum absolute atomic E-state index is 0.138. The summed E-state index contributed by atoms with van der Waals surface area (Å²) in [5.41, 5.74) is 3.43. The molecule has 0 aliphatic carbocycles. The maximum absolute atomic E-state index is 11.9. The fourth-order valence-electron chi connectivity index (χ4n) is 3.19. The molecule has 0 unspecified atom stereocenters. The number of thiazole rings is 1. The highest BCUT2D eigenvalue weighted by Crippen LogP contribution is 2.30. The van der Waals surface area contributed by atoms with Gasteiger partial charge in [-0.2, -0.15) is 0 Å². The highest BCUT2D eigenvalue weighted by molar-refractivity contribution is 7.18. The first-order valence-corrected chi connectivity index (χ1v) is 9.72. The number of phenolic OH excluding ortho intramolecular Hbond substituents is 1. The van der Waals surface area contributed by atoms with E-state index in [1.54, 1.807) is 28.2 Å². The molecular formula is C23H18N2O2S. The third-order valence-electron chi connectivity index (χ3n) is 4.52. The van der Waals surface area contributed by atoms with E-state index in [0.29, 0.717) is 11.9 Å². The van der Waals surface area contributed by atoms with Crippen LogP contribution in [0.2, 0.25) is 0 Å². The number of hydrogen-bond acceptors (Lipinski definition) is 4. The monoisotopic (exact) mass is 386 g/mol. The van der Waals surface area contributed by atoms with Crippen molar-refractivity contribution in [1.29, 1.82) is 0 Å². The molecule has 0 fully saturated rings. The molecule has 0 saturated carbocycles. The summed E-state index contributed by atoms with van der Waals surface area (Å²) in [6.07, 6.45) is 4.54. The van der Waals surface area contributed by atoms with Gasteiger partial charge in [-0.3, -0.25) is 9.36 Å². The largest absolute Gasteiger partial charge is 0.506 e. The van der Waals surface area contributed by atoms with Gasteiger partial charge in [-0.05, 0) is 49.2 Å². The van der Waals surface area contributed by atoms with E-state index in [9.17, 15) is 9.90 Å². The first-order chi connectivity index (χ1) is 13.5. The predicted molar refractivity (Wildman–Crippen MR) is 114 cm³/mol. The molecule has 4 rings (SSSR count). The Morgan fingerprint density at radius 2 is 2.18 bits per heavy atom. The maximum atomic E-state index is 11.9. The van der Waals surface area contributed by atoms with Gasteiger partial charge in [0.2, 0.25) is 0 Å². The third-order valence-corrected chi connectivity index (χ3v) is 5.44. The van der Waals surface area contributed by atoms with Crippen molar-refractivity contribution >= 4 is 38.4 Å². The van der Waals surface area contributed by atoms with Gasteiger partial charge < -0.3 is 5.11 Å². The number of aromatic nitrogens is 2. The van der Waals surface area contributed by atoms with E-state index in [-0.39, 0.29) is 11.7 Å². The number of aryl methyl sites for hydroxylation is 2. The third kappa shape index (κ3) is 3.42. The summed E-state index contributed by atoms with van der Waals surface area (Å²) in [5.74, 6) is 6.33. The van der Waals surface area contributed by atoms with Crippen LogP contribution in [-0.2, 0) is 6.42 Å². The normalized spacial score (nSPS) is 10.8. The highest BCUT2D eigenvalue weighted by Gasteiger charge is 2.07. The summed E-state index contributed by atoms with van der Waals surface area (Å²) in [6.45, 7) is 5.47. The summed E-state index contributed by atoms with van der Waals surface area (Å²) >= 11 is 1.55. The molecule has 0 amide bonds. The summed E-state index contributed by atoms with van der Waals surface area (Å²) < 4.78 is 2.55. The van der Waals surface area contributed by atoms with Gasteiger partial charge in [0, 0.05) is 23.6 Å². The SMILES string of the molecule is C=CC(=O)n1ccc2ccc(CCC#Cc3cc(O)c4nc(C)sc4c3)cc21. The number of aromatic hydroxyl groups is 1. The molecule has 0 saturated heterocycles. The number of allylic oxidation sites excluding steroid dienone is 1. The Morgan fingerprint density at radius 1 is 1.32 bits per heavy atom. The Bertz CT molecular complexity index is 1280. The molecule has 0 aliphatic heterocycles. The van der Waals surface area contributed by atoms with Crippen LogP contribution in [0.4, 0.5) is 0 Å². The average molecular weight is 386 g/mol. The number of carbonyl (C=O) groups is 1. The second-order valence-electron chi connectivity index (χ2n) is 6.50. The van der Waals surface area contributed by atoms with E-state index in [0.717, 1.165) is 38.2 Å². The van der Waals surface area contributed by atoms with Crippen molar-refractivity contribution in [3.05, 3.63) is 71.4 Å². The molecule has 0 aliphatic rings. The number of rotatable bonds is 3. The number of fused-ring (bicyclic) bond motifs is 2. The lowest BCUT2D eigenvalue weighted by Crippen LogP contribution is -2.04. The number of benzene rings is 2. The molecule has 0 bridgehead atoms. The second-order valence-corrected chi connectivity index (χ2v) is 7.73.